The minimum absolute atomic E-state index is 0.136. The molecule has 2 heterocycles. The quantitative estimate of drug-likeness (QED) is 0.574. The second-order valence-electron chi connectivity index (χ2n) is 6.80. The maximum absolute atomic E-state index is 5.84. The third-order valence-electron chi connectivity index (χ3n) is 4.36. The normalized spacial score (nSPS) is 18.5. The molecule has 1 aliphatic rings. The molecule has 7 nitrogen and oxygen atoms in total. The monoisotopic (exact) mass is 372 g/mol. The summed E-state index contributed by atoms with van der Waals surface area (Å²) in [7, 11) is 1.74. The summed E-state index contributed by atoms with van der Waals surface area (Å²) in [6.07, 6.45) is 2.84. The van der Waals surface area contributed by atoms with Crippen molar-refractivity contribution in [2.24, 2.45) is 4.99 Å². The van der Waals surface area contributed by atoms with Gasteiger partial charge in [-0.25, -0.2) is 4.98 Å². The number of nitrogens with zero attached hydrogens (tertiary/aromatic N) is 2. The van der Waals surface area contributed by atoms with E-state index in [-0.39, 0.29) is 12.1 Å². The molecule has 1 aliphatic heterocycles. The van der Waals surface area contributed by atoms with E-state index in [0.717, 1.165) is 24.3 Å². The van der Waals surface area contributed by atoms with Crippen LogP contribution in [0.2, 0.25) is 0 Å². The second-order valence-corrected chi connectivity index (χ2v) is 6.80. The number of nitrogens with one attached hydrogen (secondary N) is 2. The number of hydrogen-bond donors (Lipinski definition) is 2. The third kappa shape index (κ3) is 5.80. The number of aliphatic imine (C=N–C) groups is 1. The first-order valence-corrected chi connectivity index (χ1v) is 9.32. The largest absolute Gasteiger partial charge is 0.444 e. The van der Waals surface area contributed by atoms with Crippen LogP contribution < -0.4 is 10.6 Å². The number of ether oxygens (including phenoxy) is 2. The number of oxazole rings is 1. The topological polar surface area (TPSA) is 80.9 Å². The maximum Gasteiger partial charge on any atom is 0.226 e. The Morgan fingerprint density at radius 1 is 1.37 bits per heavy atom. The predicted octanol–water partition coefficient (Wildman–Crippen LogP) is 2.51. The standard InChI is InChI=1S/C20H28N4O3/c1-14-4-6-16(7-5-14)19-24-17(12-27-19)10-22-20(21-3)23-15(2)11-26-18-8-9-25-13-18/h4-7,12,15,18H,8-11,13H2,1-3H3,(H2,21,22,23). The molecule has 7 heteroatoms. The van der Waals surface area contributed by atoms with Gasteiger partial charge in [0.05, 0.1) is 31.6 Å². The van der Waals surface area contributed by atoms with E-state index in [1.165, 1.54) is 5.56 Å². The summed E-state index contributed by atoms with van der Waals surface area (Å²) in [5.74, 6) is 1.32. The number of benzene rings is 1. The van der Waals surface area contributed by atoms with Gasteiger partial charge in [0.2, 0.25) is 5.89 Å². The van der Waals surface area contributed by atoms with Crippen LogP contribution >= 0.6 is 0 Å². The molecule has 0 saturated carbocycles. The summed E-state index contributed by atoms with van der Waals surface area (Å²) >= 11 is 0. The lowest BCUT2D eigenvalue weighted by Gasteiger charge is -2.19. The van der Waals surface area contributed by atoms with Crippen molar-refractivity contribution in [1.82, 2.24) is 15.6 Å². The van der Waals surface area contributed by atoms with Crippen LogP contribution in [-0.2, 0) is 16.0 Å². The Morgan fingerprint density at radius 3 is 2.89 bits per heavy atom. The molecule has 2 aromatic rings. The van der Waals surface area contributed by atoms with Gasteiger partial charge < -0.3 is 24.5 Å². The summed E-state index contributed by atoms with van der Waals surface area (Å²) < 4.78 is 16.7. The molecule has 0 amide bonds. The number of aromatic nitrogens is 1. The number of guanidine groups is 1. The van der Waals surface area contributed by atoms with Crippen molar-refractivity contribution in [1.29, 1.82) is 0 Å². The average Bonchev–Trinajstić information content (AvgIpc) is 3.36. The Morgan fingerprint density at radius 2 is 2.19 bits per heavy atom. The molecule has 0 radical (unpaired) electrons. The van der Waals surface area contributed by atoms with E-state index in [1.54, 1.807) is 13.3 Å². The van der Waals surface area contributed by atoms with Crippen LogP contribution in [0, 0.1) is 6.92 Å². The molecule has 1 aromatic carbocycles. The molecule has 2 atom stereocenters. The van der Waals surface area contributed by atoms with Crippen molar-refractivity contribution in [3.8, 4) is 11.5 Å². The average molecular weight is 372 g/mol. The van der Waals surface area contributed by atoms with Crippen LogP contribution in [-0.4, -0.2) is 50.0 Å². The molecular formula is C20H28N4O3. The lowest BCUT2D eigenvalue weighted by atomic mass is 10.1. The van der Waals surface area contributed by atoms with E-state index in [1.807, 2.05) is 24.3 Å². The fourth-order valence-corrected chi connectivity index (χ4v) is 2.79. The van der Waals surface area contributed by atoms with Gasteiger partial charge in [0.1, 0.15) is 6.26 Å². The molecule has 0 spiro atoms. The molecule has 0 aliphatic carbocycles. The smallest absolute Gasteiger partial charge is 0.226 e. The molecule has 1 aromatic heterocycles. The first kappa shape index (κ1) is 19.4. The Balaban J connectivity index is 1.45. The van der Waals surface area contributed by atoms with Crippen molar-refractivity contribution in [3.63, 3.8) is 0 Å². The van der Waals surface area contributed by atoms with Gasteiger partial charge in [0.25, 0.3) is 0 Å². The lowest BCUT2D eigenvalue weighted by molar-refractivity contribution is 0.0347. The molecular weight excluding hydrogens is 344 g/mol. The zero-order valence-electron chi connectivity index (χ0n) is 16.2. The fourth-order valence-electron chi connectivity index (χ4n) is 2.79. The maximum atomic E-state index is 5.84. The molecule has 27 heavy (non-hydrogen) atoms. The first-order chi connectivity index (χ1) is 13.1. The predicted molar refractivity (Wildman–Crippen MR) is 105 cm³/mol. The summed E-state index contributed by atoms with van der Waals surface area (Å²) in [4.78, 5) is 8.79. The Hall–Kier alpha value is -2.38. The zero-order chi connectivity index (χ0) is 19.1. The van der Waals surface area contributed by atoms with E-state index in [9.17, 15) is 0 Å². The third-order valence-corrected chi connectivity index (χ3v) is 4.36. The van der Waals surface area contributed by atoms with Gasteiger partial charge in [-0.05, 0) is 32.4 Å². The SMILES string of the molecule is CN=C(NCc1coc(-c2ccc(C)cc2)n1)NC(C)COC1CCOC1. The second kappa shape index (κ2) is 9.53. The summed E-state index contributed by atoms with van der Waals surface area (Å²) in [5, 5.41) is 6.57. The highest BCUT2D eigenvalue weighted by Crippen LogP contribution is 2.19. The van der Waals surface area contributed by atoms with E-state index in [0.29, 0.717) is 31.6 Å². The Bertz CT molecular complexity index is 736. The van der Waals surface area contributed by atoms with Crippen molar-refractivity contribution < 1.29 is 13.9 Å². The highest BCUT2D eigenvalue weighted by atomic mass is 16.5. The van der Waals surface area contributed by atoms with Crippen LogP contribution in [0.25, 0.3) is 11.5 Å². The number of hydrogen-bond acceptors (Lipinski definition) is 5. The molecule has 1 fully saturated rings. The van der Waals surface area contributed by atoms with Gasteiger partial charge in [0.15, 0.2) is 5.96 Å². The van der Waals surface area contributed by atoms with E-state index in [2.05, 4.69) is 34.5 Å². The number of rotatable bonds is 7. The molecule has 146 valence electrons. The van der Waals surface area contributed by atoms with Crippen LogP contribution in [0.3, 0.4) is 0 Å². The summed E-state index contributed by atoms with van der Waals surface area (Å²) in [5.41, 5.74) is 3.00. The number of aryl methyl sites for hydroxylation is 1. The van der Waals surface area contributed by atoms with Crippen molar-refractivity contribution in [2.75, 3.05) is 26.9 Å². The minimum Gasteiger partial charge on any atom is -0.444 e. The zero-order valence-corrected chi connectivity index (χ0v) is 16.2. The molecule has 2 unspecified atom stereocenters. The molecule has 3 rings (SSSR count). The lowest BCUT2D eigenvalue weighted by Crippen LogP contribution is -2.44. The Kier molecular flexibility index (Phi) is 6.84. The van der Waals surface area contributed by atoms with Gasteiger partial charge in [0, 0.05) is 25.3 Å². The van der Waals surface area contributed by atoms with Crippen LogP contribution in [0.5, 0.6) is 0 Å². The fraction of sp³-hybridized carbons (Fsp3) is 0.500. The Labute approximate surface area is 160 Å². The highest BCUT2D eigenvalue weighted by molar-refractivity contribution is 5.79. The molecule has 1 saturated heterocycles. The summed E-state index contributed by atoms with van der Waals surface area (Å²) in [6, 6.07) is 8.25. The van der Waals surface area contributed by atoms with Crippen molar-refractivity contribution in [2.45, 2.75) is 39.0 Å². The van der Waals surface area contributed by atoms with E-state index in [4.69, 9.17) is 13.9 Å². The van der Waals surface area contributed by atoms with Gasteiger partial charge in [-0.3, -0.25) is 4.99 Å². The van der Waals surface area contributed by atoms with Crippen molar-refractivity contribution in [3.05, 3.63) is 41.8 Å². The molecule has 2 N–H and O–H groups in total. The van der Waals surface area contributed by atoms with Gasteiger partial charge in [-0.1, -0.05) is 17.7 Å². The minimum atomic E-state index is 0.136. The van der Waals surface area contributed by atoms with Crippen LogP contribution in [0.15, 0.2) is 39.9 Å². The molecule has 0 bridgehead atoms. The highest BCUT2D eigenvalue weighted by Gasteiger charge is 2.17. The first-order valence-electron chi connectivity index (χ1n) is 9.32. The van der Waals surface area contributed by atoms with Gasteiger partial charge >= 0.3 is 0 Å². The van der Waals surface area contributed by atoms with Crippen molar-refractivity contribution >= 4 is 5.96 Å². The van der Waals surface area contributed by atoms with Crippen LogP contribution in [0.4, 0.5) is 0 Å². The summed E-state index contributed by atoms with van der Waals surface area (Å²) in [6.45, 7) is 6.73. The van der Waals surface area contributed by atoms with Gasteiger partial charge in [-0.2, -0.15) is 0 Å². The van der Waals surface area contributed by atoms with E-state index < -0.39 is 0 Å². The van der Waals surface area contributed by atoms with Gasteiger partial charge in [-0.15, -0.1) is 0 Å². The van der Waals surface area contributed by atoms with E-state index >= 15 is 0 Å². The van der Waals surface area contributed by atoms with Crippen LogP contribution in [0.1, 0.15) is 24.6 Å².